The fraction of sp³-hybridized carbons (Fsp3) is 0.167. The number of hydrogen-bond acceptors (Lipinski definition) is 7. The highest BCUT2D eigenvalue weighted by Gasteiger charge is 2.23. The Morgan fingerprint density at radius 2 is 1.97 bits per heavy atom. The second-order valence-electron chi connectivity index (χ2n) is 7.39. The number of ether oxygens (including phenoxy) is 2. The molecule has 0 radical (unpaired) electrons. The van der Waals surface area contributed by atoms with Crippen LogP contribution in [0.3, 0.4) is 0 Å². The maximum atomic E-state index is 13.4. The summed E-state index contributed by atoms with van der Waals surface area (Å²) in [7, 11) is 0. The summed E-state index contributed by atoms with van der Waals surface area (Å²) in [5, 5.41) is 9.96. The molecule has 180 valence electrons. The summed E-state index contributed by atoms with van der Waals surface area (Å²) in [5.74, 6) is -0.899. The van der Waals surface area contributed by atoms with Crippen LogP contribution < -0.4 is 15.6 Å². The van der Waals surface area contributed by atoms with Gasteiger partial charge in [-0.05, 0) is 49.7 Å². The van der Waals surface area contributed by atoms with Crippen molar-refractivity contribution < 1.29 is 19.1 Å². The number of thiophene rings is 1. The molecule has 0 aliphatic heterocycles. The summed E-state index contributed by atoms with van der Waals surface area (Å²) in [6, 6.07) is 11.8. The van der Waals surface area contributed by atoms with Gasteiger partial charge in [0.2, 0.25) is 0 Å². The van der Waals surface area contributed by atoms with Gasteiger partial charge in [0.05, 0.1) is 22.7 Å². The predicted molar refractivity (Wildman–Crippen MR) is 136 cm³/mol. The minimum absolute atomic E-state index is 0.0242. The van der Waals surface area contributed by atoms with Crippen LogP contribution in [0.2, 0.25) is 10.0 Å². The molecule has 0 atom stereocenters. The van der Waals surface area contributed by atoms with E-state index >= 15 is 0 Å². The fourth-order valence-electron chi connectivity index (χ4n) is 3.32. The first-order chi connectivity index (χ1) is 16.8. The largest absolute Gasteiger partial charge is 0.482 e. The lowest BCUT2D eigenvalue weighted by Crippen LogP contribution is -2.26. The van der Waals surface area contributed by atoms with Gasteiger partial charge in [-0.2, -0.15) is 9.78 Å². The first kappa shape index (κ1) is 24.7. The molecule has 2 aromatic heterocycles. The maximum absolute atomic E-state index is 13.4. The molecule has 0 aliphatic carbocycles. The number of amides is 1. The Kier molecular flexibility index (Phi) is 7.39. The van der Waals surface area contributed by atoms with Gasteiger partial charge in [-0.1, -0.05) is 35.3 Å². The van der Waals surface area contributed by atoms with Gasteiger partial charge in [-0.15, -0.1) is 11.3 Å². The number of anilines is 1. The zero-order valence-electron chi connectivity index (χ0n) is 18.6. The molecule has 35 heavy (non-hydrogen) atoms. The first-order valence-electron chi connectivity index (χ1n) is 10.4. The highest BCUT2D eigenvalue weighted by atomic mass is 35.5. The SMILES string of the molecule is CCOC(=O)c1nn(-c2cccc(C)c2)c(=O)c2c(NC(=O)COc3ccc(Cl)cc3Cl)scc12. The van der Waals surface area contributed by atoms with Crippen LogP contribution in [0, 0.1) is 6.92 Å². The van der Waals surface area contributed by atoms with E-state index < -0.39 is 17.4 Å². The van der Waals surface area contributed by atoms with Crippen LogP contribution in [0.5, 0.6) is 5.75 Å². The second kappa shape index (κ2) is 10.5. The number of halogens is 2. The molecule has 0 spiro atoms. The molecular formula is C24H19Cl2N3O5S. The van der Waals surface area contributed by atoms with Gasteiger partial charge in [-0.3, -0.25) is 9.59 Å². The average molecular weight is 532 g/mol. The lowest BCUT2D eigenvalue weighted by molar-refractivity contribution is -0.118. The van der Waals surface area contributed by atoms with Crippen LogP contribution in [0.25, 0.3) is 16.5 Å². The van der Waals surface area contributed by atoms with Gasteiger partial charge < -0.3 is 14.8 Å². The quantitative estimate of drug-likeness (QED) is 0.326. The number of fused-ring (bicyclic) bond motifs is 1. The van der Waals surface area contributed by atoms with E-state index in [-0.39, 0.29) is 40.1 Å². The van der Waals surface area contributed by atoms with Crippen molar-refractivity contribution in [2.75, 3.05) is 18.5 Å². The third-order valence-electron chi connectivity index (χ3n) is 4.87. The Bertz CT molecular complexity index is 1500. The minimum Gasteiger partial charge on any atom is -0.482 e. The summed E-state index contributed by atoms with van der Waals surface area (Å²) in [5.41, 5.74) is 0.873. The Labute approximate surface area is 214 Å². The van der Waals surface area contributed by atoms with E-state index in [1.54, 1.807) is 42.6 Å². The van der Waals surface area contributed by atoms with Crippen molar-refractivity contribution in [3.05, 3.63) is 79.5 Å². The molecule has 11 heteroatoms. The molecule has 0 unspecified atom stereocenters. The monoisotopic (exact) mass is 531 g/mol. The first-order valence-corrected chi connectivity index (χ1v) is 12.1. The van der Waals surface area contributed by atoms with Crippen LogP contribution in [0.1, 0.15) is 23.0 Å². The van der Waals surface area contributed by atoms with Crippen LogP contribution in [-0.4, -0.2) is 34.9 Å². The average Bonchev–Trinajstić information content (AvgIpc) is 3.23. The topological polar surface area (TPSA) is 99.5 Å². The number of nitrogens with one attached hydrogen (secondary N) is 1. The van der Waals surface area contributed by atoms with E-state index in [1.807, 2.05) is 13.0 Å². The molecule has 0 aliphatic rings. The molecule has 0 saturated heterocycles. The number of aryl methyl sites for hydroxylation is 1. The molecule has 1 amide bonds. The number of hydrogen-bond donors (Lipinski definition) is 1. The molecule has 0 saturated carbocycles. The fourth-order valence-corrected chi connectivity index (χ4v) is 4.74. The molecule has 0 fully saturated rings. The summed E-state index contributed by atoms with van der Waals surface area (Å²) in [4.78, 5) is 38.7. The third kappa shape index (κ3) is 5.32. The Morgan fingerprint density at radius 3 is 2.69 bits per heavy atom. The van der Waals surface area contributed by atoms with Crippen molar-refractivity contribution in [2.24, 2.45) is 0 Å². The number of rotatable bonds is 7. The van der Waals surface area contributed by atoms with Crippen molar-refractivity contribution in [1.29, 1.82) is 0 Å². The van der Waals surface area contributed by atoms with Crippen LogP contribution >= 0.6 is 34.5 Å². The number of nitrogens with zero attached hydrogens (tertiary/aromatic N) is 2. The van der Waals surface area contributed by atoms with E-state index in [4.69, 9.17) is 32.7 Å². The molecule has 8 nitrogen and oxygen atoms in total. The van der Waals surface area contributed by atoms with Crippen LogP contribution in [0.15, 0.2) is 52.6 Å². The highest BCUT2D eigenvalue weighted by molar-refractivity contribution is 7.16. The molecule has 4 rings (SSSR count). The highest BCUT2D eigenvalue weighted by Crippen LogP contribution is 2.31. The molecule has 4 aromatic rings. The van der Waals surface area contributed by atoms with Crippen molar-refractivity contribution in [1.82, 2.24) is 9.78 Å². The summed E-state index contributed by atoms with van der Waals surface area (Å²) >= 11 is 13.1. The number of aromatic nitrogens is 2. The van der Waals surface area contributed by atoms with E-state index in [1.165, 1.54) is 6.07 Å². The normalized spacial score (nSPS) is 10.9. The van der Waals surface area contributed by atoms with E-state index in [0.717, 1.165) is 21.6 Å². The molecule has 2 heterocycles. The summed E-state index contributed by atoms with van der Waals surface area (Å²) in [6.45, 7) is 3.34. The number of esters is 1. The number of carbonyl (C=O) groups excluding carboxylic acids is 2. The summed E-state index contributed by atoms with van der Waals surface area (Å²) in [6.07, 6.45) is 0. The maximum Gasteiger partial charge on any atom is 0.359 e. The van der Waals surface area contributed by atoms with Crippen molar-refractivity contribution >= 4 is 62.2 Å². The Balaban J connectivity index is 1.71. The third-order valence-corrected chi connectivity index (χ3v) is 6.30. The van der Waals surface area contributed by atoms with Crippen molar-refractivity contribution in [3.63, 3.8) is 0 Å². The molecule has 0 bridgehead atoms. The van der Waals surface area contributed by atoms with E-state index in [2.05, 4.69) is 10.4 Å². The number of benzene rings is 2. The van der Waals surface area contributed by atoms with Gasteiger partial charge in [0.1, 0.15) is 10.8 Å². The lowest BCUT2D eigenvalue weighted by Gasteiger charge is -2.11. The van der Waals surface area contributed by atoms with Gasteiger partial charge in [0.25, 0.3) is 11.5 Å². The molecular weight excluding hydrogens is 513 g/mol. The zero-order chi connectivity index (χ0) is 25.1. The Hall–Kier alpha value is -3.40. The predicted octanol–water partition coefficient (Wildman–Crippen LogP) is 5.26. The van der Waals surface area contributed by atoms with Gasteiger partial charge in [0, 0.05) is 15.8 Å². The van der Waals surface area contributed by atoms with Gasteiger partial charge in [0.15, 0.2) is 12.3 Å². The standard InChI is InChI=1S/C24H19Cl2N3O5S/c1-3-33-24(32)21-16-12-35-22(27-19(30)11-34-18-8-7-14(25)10-17(18)26)20(16)23(31)29(28-21)15-6-4-5-13(2)9-15/h4-10,12H,3,11H2,1-2H3,(H,27,30). The minimum atomic E-state index is -0.671. The van der Waals surface area contributed by atoms with Crippen LogP contribution in [-0.2, 0) is 9.53 Å². The Morgan fingerprint density at radius 1 is 1.17 bits per heavy atom. The lowest BCUT2D eigenvalue weighted by atomic mass is 10.2. The van der Waals surface area contributed by atoms with Crippen LogP contribution in [0.4, 0.5) is 5.00 Å². The van der Waals surface area contributed by atoms with E-state index in [0.29, 0.717) is 16.1 Å². The summed E-state index contributed by atoms with van der Waals surface area (Å²) < 4.78 is 11.8. The van der Waals surface area contributed by atoms with Gasteiger partial charge in [-0.25, -0.2) is 4.79 Å². The molecule has 2 aromatic carbocycles. The second-order valence-corrected chi connectivity index (χ2v) is 9.11. The van der Waals surface area contributed by atoms with Gasteiger partial charge >= 0.3 is 5.97 Å². The van der Waals surface area contributed by atoms with Crippen molar-refractivity contribution in [2.45, 2.75) is 13.8 Å². The van der Waals surface area contributed by atoms with E-state index in [9.17, 15) is 14.4 Å². The van der Waals surface area contributed by atoms with Crippen molar-refractivity contribution in [3.8, 4) is 11.4 Å². The zero-order valence-corrected chi connectivity index (χ0v) is 21.0. The smallest absolute Gasteiger partial charge is 0.359 e. The molecule has 1 N–H and O–H groups in total. The number of carbonyl (C=O) groups is 2.